The topological polar surface area (TPSA) is 33.1 Å². The van der Waals surface area contributed by atoms with Crippen LogP contribution in [0.4, 0.5) is 0 Å². The maximum absolute atomic E-state index is 4.41. The van der Waals surface area contributed by atoms with Crippen molar-refractivity contribution < 1.29 is 0 Å². The zero-order chi connectivity index (χ0) is 13.0. The first kappa shape index (κ1) is 13.6. The Balaban J connectivity index is 1.91. The summed E-state index contributed by atoms with van der Waals surface area (Å²) in [5.74, 6) is 1.95. The van der Waals surface area contributed by atoms with Crippen molar-refractivity contribution in [2.75, 3.05) is 26.2 Å². The number of nitrogens with zero attached hydrogens (tertiary/aromatic N) is 3. The molecule has 1 aromatic heterocycles. The molecule has 0 bridgehead atoms. The van der Waals surface area contributed by atoms with Crippen molar-refractivity contribution in [2.24, 2.45) is 13.0 Å². The van der Waals surface area contributed by atoms with Crippen molar-refractivity contribution >= 4 is 0 Å². The molecular weight excluding hydrogens is 224 g/mol. The molecule has 0 aromatic carbocycles. The number of aromatic nitrogens is 2. The fourth-order valence-electron chi connectivity index (χ4n) is 2.76. The Bertz CT molecular complexity index is 360. The van der Waals surface area contributed by atoms with Crippen LogP contribution in [0, 0.1) is 5.92 Å². The van der Waals surface area contributed by atoms with Crippen molar-refractivity contribution in [1.82, 2.24) is 19.8 Å². The minimum Gasteiger partial charge on any atom is -0.338 e. The highest BCUT2D eigenvalue weighted by atomic mass is 15.2. The maximum atomic E-state index is 4.41. The Hall–Kier alpha value is -0.870. The van der Waals surface area contributed by atoms with Crippen LogP contribution in [0.1, 0.15) is 26.1 Å². The van der Waals surface area contributed by atoms with E-state index in [1.807, 2.05) is 12.4 Å². The van der Waals surface area contributed by atoms with Crippen LogP contribution in [-0.4, -0.2) is 46.7 Å². The molecule has 0 radical (unpaired) electrons. The third-order valence-electron chi connectivity index (χ3n) is 4.24. The lowest BCUT2D eigenvalue weighted by Gasteiger charge is -2.39. The number of hydrogen-bond acceptors (Lipinski definition) is 3. The van der Waals surface area contributed by atoms with E-state index in [0.29, 0.717) is 6.04 Å². The normalized spacial score (nSPS) is 23.2. The second-order valence-electron chi connectivity index (χ2n) is 5.40. The molecule has 1 fully saturated rings. The van der Waals surface area contributed by atoms with Gasteiger partial charge in [0, 0.05) is 58.1 Å². The summed E-state index contributed by atoms with van der Waals surface area (Å²) >= 11 is 0. The SMILES string of the molecule is CCC(C)C1CNCCN1CCc1nccn1C. The third-order valence-corrected chi connectivity index (χ3v) is 4.24. The Morgan fingerprint density at radius 1 is 1.56 bits per heavy atom. The largest absolute Gasteiger partial charge is 0.338 e. The van der Waals surface area contributed by atoms with E-state index in [4.69, 9.17) is 0 Å². The molecule has 2 atom stereocenters. The molecule has 0 saturated carbocycles. The molecule has 18 heavy (non-hydrogen) atoms. The Morgan fingerprint density at radius 3 is 3.06 bits per heavy atom. The van der Waals surface area contributed by atoms with Gasteiger partial charge in [-0.1, -0.05) is 20.3 Å². The minimum atomic E-state index is 0.684. The average molecular weight is 250 g/mol. The van der Waals surface area contributed by atoms with Gasteiger partial charge in [0.15, 0.2) is 0 Å². The van der Waals surface area contributed by atoms with Gasteiger partial charge < -0.3 is 9.88 Å². The van der Waals surface area contributed by atoms with Crippen LogP contribution < -0.4 is 5.32 Å². The Kier molecular flexibility index (Phi) is 4.78. The maximum Gasteiger partial charge on any atom is 0.109 e. The number of rotatable bonds is 5. The number of nitrogens with one attached hydrogen (secondary N) is 1. The summed E-state index contributed by atoms with van der Waals surface area (Å²) in [5, 5.41) is 3.52. The van der Waals surface area contributed by atoms with Gasteiger partial charge in [-0.15, -0.1) is 0 Å². The lowest BCUT2D eigenvalue weighted by Crippen LogP contribution is -2.54. The lowest BCUT2D eigenvalue weighted by molar-refractivity contribution is 0.117. The van der Waals surface area contributed by atoms with Gasteiger partial charge in [-0.05, 0) is 5.92 Å². The highest BCUT2D eigenvalue weighted by Gasteiger charge is 2.25. The van der Waals surface area contributed by atoms with Crippen molar-refractivity contribution in [3.8, 4) is 0 Å². The third kappa shape index (κ3) is 3.12. The zero-order valence-electron chi connectivity index (χ0n) is 11.9. The van der Waals surface area contributed by atoms with E-state index in [1.54, 1.807) is 0 Å². The summed E-state index contributed by atoms with van der Waals surface area (Å²) in [5.41, 5.74) is 0. The van der Waals surface area contributed by atoms with Crippen LogP contribution in [0.2, 0.25) is 0 Å². The molecule has 2 unspecified atom stereocenters. The minimum absolute atomic E-state index is 0.684. The number of piperazine rings is 1. The highest BCUT2D eigenvalue weighted by Crippen LogP contribution is 2.16. The second-order valence-corrected chi connectivity index (χ2v) is 5.40. The standard InChI is InChI=1S/C14H26N4/c1-4-12(2)13-11-15-6-10-18(13)8-5-14-16-7-9-17(14)3/h7,9,12-13,15H,4-6,8,10-11H2,1-3H3. The summed E-state index contributed by atoms with van der Waals surface area (Å²) in [4.78, 5) is 7.05. The number of aryl methyl sites for hydroxylation is 1. The first-order chi connectivity index (χ1) is 8.72. The Labute approximate surface area is 110 Å². The van der Waals surface area contributed by atoms with E-state index in [2.05, 4.69) is 40.7 Å². The molecular formula is C14H26N4. The van der Waals surface area contributed by atoms with Crippen LogP contribution >= 0.6 is 0 Å². The predicted octanol–water partition coefficient (Wildman–Crippen LogP) is 1.28. The van der Waals surface area contributed by atoms with E-state index in [-0.39, 0.29) is 0 Å². The molecule has 1 N–H and O–H groups in total. The molecule has 1 aliphatic heterocycles. The lowest BCUT2D eigenvalue weighted by atomic mass is 9.96. The van der Waals surface area contributed by atoms with Crippen molar-refractivity contribution in [3.63, 3.8) is 0 Å². The molecule has 0 amide bonds. The molecule has 1 aromatic rings. The van der Waals surface area contributed by atoms with Crippen molar-refractivity contribution in [2.45, 2.75) is 32.7 Å². The van der Waals surface area contributed by atoms with Crippen LogP contribution in [0.15, 0.2) is 12.4 Å². The van der Waals surface area contributed by atoms with Crippen molar-refractivity contribution in [1.29, 1.82) is 0 Å². The van der Waals surface area contributed by atoms with E-state index >= 15 is 0 Å². The van der Waals surface area contributed by atoms with Crippen LogP contribution in [0.3, 0.4) is 0 Å². The molecule has 4 nitrogen and oxygen atoms in total. The van der Waals surface area contributed by atoms with E-state index in [0.717, 1.165) is 32.0 Å². The molecule has 2 rings (SSSR count). The molecule has 102 valence electrons. The van der Waals surface area contributed by atoms with E-state index < -0.39 is 0 Å². The van der Waals surface area contributed by atoms with Crippen LogP contribution in [0.5, 0.6) is 0 Å². The monoisotopic (exact) mass is 250 g/mol. The predicted molar refractivity (Wildman–Crippen MR) is 74.6 cm³/mol. The molecule has 4 heteroatoms. The summed E-state index contributed by atoms with van der Waals surface area (Å²) in [6.07, 6.45) is 6.22. The van der Waals surface area contributed by atoms with Gasteiger partial charge >= 0.3 is 0 Å². The van der Waals surface area contributed by atoms with Gasteiger partial charge in [-0.2, -0.15) is 0 Å². The molecule has 0 aliphatic carbocycles. The number of hydrogen-bond donors (Lipinski definition) is 1. The van der Waals surface area contributed by atoms with Gasteiger partial charge in [0.2, 0.25) is 0 Å². The van der Waals surface area contributed by atoms with Gasteiger partial charge in [0.25, 0.3) is 0 Å². The second kappa shape index (κ2) is 6.34. The molecule has 2 heterocycles. The van der Waals surface area contributed by atoms with E-state index in [9.17, 15) is 0 Å². The van der Waals surface area contributed by atoms with Crippen molar-refractivity contribution in [3.05, 3.63) is 18.2 Å². The summed E-state index contributed by atoms with van der Waals surface area (Å²) in [6.45, 7) is 9.20. The van der Waals surface area contributed by atoms with E-state index in [1.165, 1.54) is 18.8 Å². The average Bonchev–Trinajstić information content (AvgIpc) is 2.81. The van der Waals surface area contributed by atoms with Gasteiger partial charge in [-0.25, -0.2) is 4.98 Å². The van der Waals surface area contributed by atoms with Crippen LogP contribution in [-0.2, 0) is 13.5 Å². The zero-order valence-corrected chi connectivity index (χ0v) is 11.9. The van der Waals surface area contributed by atoms with Gasteiger partial charge in [0.1, 0.15) is 5.82 Å². The smallest absolute Gasteiger partial charge is 0.109 e. The highest BCUT2D eigenvalue weighted by molar-refractivity contribution is 4.93. The fourth-order valence-corrected chi connectivity index (χ4v) is 2.76. The van der Waals surface area contributed by atoms with Crippen LogP contribution in [0.25, 0.3) is 0 Å². The quantitative estimate of drug-likeness (QED) is 0.854. The molecule has 1 aliphatic rings. The first-order valence-corrected chi connectivity index (χ1v) is 7.13. The van der Waals surface area contributed by atoms with Gasteiger partial charge in [-0.3, -0.25) is 4.90 Å². The first-order valence-electron chi connectivity index (χ1n) is 7.13. The summed E-state index contributed by atoms with van der Waals surface area (Å²) in [7, 11) is 2.08. The molecule has 0 spiro atoms. The molecule has 1 saturated heterocycles. The summed E-state index contributed by atoms with van der Waals surface area (Å²) < 4.78 is 2.13. The fraction of sp³-hybridized carbons (Fsp3) is 0.786. The summed E-state index contributed by atoms with van der Waals surface area (Å²) in [6, 6.07) is 0.684. The Morgan fingerprint density at radius 2 is 2.39 bits per heavy atom. The number of imidazole rings is 1. The van der Waals surface area contributed by atoms with Gasteiger partial charge in [0.05, 0.1) is 0 Å².